The molecule has 0 saturated carbocycles. The van der Waals surface area contributed by atoms with Crippen LogP contribution in [-0.4, -0.2) is 54.9 Å². The SMILES string of the molecule is CN(CCC(N)=S)C(=O)COCC(F)(F)C(F)F. The lowest BCUT2D eigenvalue weighted by Crippen LogP contribution is -2.36. The van der Waals surface area contributed by atoms with Gasteiger partial charge in [-0.3, -0.25) is 4.79 Å². The van der Waals surface area contributed by atoms with Crippen LogP contribution >= 0.6 is 12.2 Å². The first-order valence-electron chi connectivity index (χ1n) is 4.93. The Kier molecular flexibility index (Phi) is 7.07. The highest BCUT2D eigenvalue weighted by Crippen LogP contribution is 2.22. The molecule has 0 aliphatic carbocycles. The van der Waals surface area contributed by atoms with E-state index >= 15 is 0 Å². The number of hydrogen-bond donors (Lipinski definition) is 1. The molecule has 4 nitrogen and oxygen atoms in total. The molecule has 0 spiro atoms. The first-order chi connectivity index (χ1) is 8.16. The van der Waals surface area contributed by atoms with Crippen molar-refractivity contribution in [1.82, 2.24) is 4.90 Å². The number of alkyl halides is 4. The molecule has 0 heterocycles. The van der Waals surface area contributed by atoms with Gasteiger partial charge in [-0.05, 0) is 0 Å². The topological polar surface area (TPSA) is 55.6 Å². The van der Waals surface area contributed by atoms with Crippen LogP contribution in [0.4, 0.5) is 17.6 Å². The van der Waals surface area contributed by atoms with Gasteiger partial charge in [0.2, 0.25) is 5.91 Å². The highest BCUT2D eigenvalue weighted by molar-refractivity contribution is 7.80. The summed E-state index contributed by atoms with van der Waals surface area (Å²) in [6.45, 7) is -1.99. The maximum absolute atomic E-state index is 12.4. The van der Waals surface area contributed by atoms with Crippen LogP contribution < -0.4 is 5.73 Å². The van der Waals surface area contributed by atoms with Crippen molar-refractivity contribution < 1.29 is 27.1 Å². The van der Waals surface area contributed by atoms with Gasteiger partial charge >= 0.3 is 12.3 Å². The summed E-state index contributed by atoms with van der Waals surface area (Å²) in [5.41, 5.74) is 5.21. The Hall–Kier alpha value is -0.960. The van der Waals surface area contributed by atoms with E-state index in [2.05, 4.69) is 17.0 Å². The molecule has 0 radical (unpaired) electrons. The fourth-order valence-electron chi connectivity index (χ4n) is 0.850. The number of nitrogens with two attached hydrogens (primary N) is 1. The van der Waals surface area contributed by atoms with E-state index < -0.39 is 31.5 Å². The summed E-state index contributed by atoms with van der Waals surface area (Å²) in [7, 11) is 1.40. The van der Waals surface area contributed by atoms with Gasteiger partial charge in [0.05, 0.1) is 4.99 Å². The third-order valence-corrected chi connectivity index (χ3v) is 2.16. The Morgan fingerprint density at radius 2 is 2.06 bits per heavy atom. The molecule has 0 unspecified atom stereocenters. The van der Waals surface area contributed by atoms with E-state index in [1.807, 2.05) is 0 Å². The second-order valence-corrected chi connectivity index (χ2v) is 4.11. The predicted molar refractivity (Wildman–Crippen MR) is 60.8 cm³/mol. The highest BCUT2D eigenvalue weighted by atomic mass is 32.1. The van der Waals surface area contributed by atoms with Gasteiger partial charge < -0.3 is 15.4 Å². The summed E-state index contributed by atoms with van der Waals surface area (Å²) in [5.74, 6) is -4.87. The molecule has 0 rings (SSSR count). The molecule has 9 heteroatoms. The second-order valence-electron chi connectivity index (χ2n) is 3.59. The van der Waals surface area contributed by atoms with Gasteiger partial charge in [-0.2, -0.15) is 8.78 Å². The van der Waals surface area contributed by atoms with E-state index in [1.165, 1.54) is 11.9 Å². The van der Waals surface area contributed by atoms with Gasteiger partial charge in [0.25, 0.3) is 0 Å². The first-order valence-corrected chi connectivity index (χ1v) is 5.33. The van der Waals surface area contributed by atoms with Crippen LogP contribution in [0.15, 0.2) is 0 Å². The number of amides is 1. The number of carbonyl (C=O) groups is 1. The van der Waals surface area contributed by atoms with E-state index in [-0.39, 0.29) is 18.0 Å². The first kappa shape index (κ1) is 17.0. The molecule has 0 aromatic heterocycles. The largest absolute Gasteiger partial charge is 0.393 e. The maximum atomic E-state index is 12.4. The fraction of sp³-hybridized carbons (Fsp3) is 0.778. The third kappa shape index (κ3) is 6.70. The lowest BCUT2D eigenvalue weighted by Gasteiger charge is -2.18. The minimum absolute atomic E-state index is 0.208. The minimum atomic E-state index is -4.25. The van der Waals surface area contributed by atoms with Crippen molar-refractivity contribution in [2.24, 2.45) is 5.73 Å². The molecular formula is C9H14F4N2O2S. The molecule has 0 saturated heterocycles. The van der Waals surface area contributed by atoms with Crippen LogP contribution in [0.2, 0.25) is 0 Å². The van der Waals surface area contributed by atoms with Crippen molar-refractivity contribution in [3.63, 3.8) is 0 Å². The predicted octanol–water partition coefficient (Wildman–Crippen LogP) is 1.04. The number of thiocarbonyl (C=S) groups is 1. The van der Waals surface area contributed by atoms with Crippen LogP contribution in [-0.2, 0) is 9.53 Å². The van der Waals surface area contributed by atoms with E-state index in [1.54, 1.807) is 0 Å². The summed E-state index contributed by atoms with van der Waals surface area (Å²) >= 11 is 4.59. The van der Waals surface area contributed by atoms with E-state index in [4.69, 9.17) is 5.73 Å². The number of hydrogen-bond acceptors (Lipinski definition) is 3. The van der Waals surface area contributed by atoms with Gasteiger partial charge in [0.15, 0.2) is 0 Å². The molecular weight excluding hydrogens is 276 g/mol. The molecule has 0 bridgehead atoms. The van der Waals surface area contributed by atoms with Crippen LogP contribution in [0.25, 0.3) is 0 Å². The molecule has 0 atom stereocenters. The van der Waals surface area contributed by atoms with E-state index in [9.17, 15) is 22.4 Å². The van der Waals surface area contributed by atoms with Crippen molar-refractivity contribution in [2.45, 2.75) is 18.8 Å². The van der Waals surface area contributed by atoms with E-state index in [0.29, 0.717) is 0 Å². The third-order valence-electron chi connectivity index (χ3n) is 1.96. The normalized spacial score (nSPS) is 11.7. The lowest BCUT2D eigenvalue weighted by molar-refractivity contribution is -0.170. The average molecular weight is 290 g/mol. The molecule has 0 aliphatic heterocycles. The van der Waals surface area contributed by atoms with Gasteiger partial charge in [-0.1, -0.05) is 12.2 Å². The number of nitrogens with zero attached hydrogens (tertiary/aromatic N) is 1. The molecule has 0 aromatic carbocycles. The van der Waals surface area contributed by atoms with Gasteiger partial charge in [0, 0.05) is 20.0 Å². The second kappa shape index (κ2) is 7.47. The molecule has 0 aliphatic rings. The number of likely N-dealkylation sites (N-methyl/N-ethyl adjacent to an activating group) is 1. The standard InChI is InChI=1S/C9H14F4N2O2S/c1-15(3-2-6(14)18)7(16)4-17-5-9(12,13)8(10)11/h8H,2-5H2,1H3,(H2,14,18). The fourth-order valence-corrected chi connectivity index (χ4v) is 0.941. The van der Waals surface area contributed by atoms with Crippen molar-refractivity contribution in [1.29, 1.82) is 0 Å². The monoisotopic (exact) mass is 290 g/mol. The van der Waals surface area contributed by atoms with Crippen molar-refractivity contribution in [2.75, 3.05) is 26.8 Å². The molecule has 2 N–H and O–H groups in total. The zero-order chi connectivity index (χ0) is 14.3. The smallest absolute Gasteiger partial charge is 0.330 e. The maximum Gasteiger partial charge on any atom is 0.330 e. The average Bonchev–Trinajstić information content (AvgIpc) is 2.25. The Morgan fingerprint density at radius 1 is 1.50 bits per heavy atom. The Bertz CT molecular complexity index is 302. The zero-order valence-electron chi connectivity index (χ0n) is 9.67. The van der Waals surface area contributed by atoms with Crippen molar-refractivity contribution in [3.05, 3.63) is 0 Å². The summed E-state index contributed by atoms with van der Waals surface area (Å²) in [6, 6.07) is 0. The highest BCUT2D eigenvalue weighted by Gasteiger charge is 2.41. The lowest BCUT2D eigenvalue weighted by atomic mass is 10.4. The molecule has 1 amide bonds. The van der Waals surface area contributed by atoms with Gasteiger partial charge in [-0.25, -0.2) is 8.78 Å². The molecule has 106 valence electrons. The molecule has 18 heavy (non-hydrogen) atoms. The van der Waals surface area contributed by atoms with Crippen LogP contribution in [0.1, 0.15) is 6.42 Å². The molecule has 0 aromatic rings. The summed E-state index contributed by atoms with van der Waals surface area (Å²) in [4.78, 5) is 12.7. The van der Waals surface area contributed by atoms with E-state index in [0.717, 1.165) is 0 Å². The number of rotatable bonds is 8. The quantitative estimate of drug-likeness (QED) is 0.536. The van der Waals surface area contributed by atoms with Crippen LogP contribution in [0, 0.1) is 0 Å². The van der Waals surface area contributed by atoms with Crippen LogP contribution in [0.3, 0.4) is 0 Å². The summed E-state index contributed by atoms with van der Waals surface area (Å²) in [6.07, 6.45) is -3.54. The minimum Gasteiger partial charge on any atom is -0.393 e. The zero-order valence-corrected chi connectivity index (χ0v) is 10.5. The number of ether oxygens (including phenoxy) is 1. The summed E-state index contributed by atoms with van der Waals surface area (Å²) < 4.78 is 52.6. The van der Waals surface area contributed by atoms with Gasteiger partial charge in [-0.15, -0.1) is 0 Å². The van der Waals surface area contributed by atoms with Crippen molar-refractivity contribution >= 4 is 23.1 Å². The molecule has 0 fully saturated rings. The number of carbonyl (C=O) groups excluding carboxylic acids is 1. The van der Waals surface area contributed by atoms with Gasteiger partial charge in [0.1, 0.15) is 13.2 Å². The Morgan fingerprint density at radius 3 is 2.50 bits per heavy atom. The summed E-state index contributed by atoms with van der Waals surface area (Å²) in [5, 5.41) is 0. The number of halogens is 4. The van der Waals surface area contributed by atoms with Crippen LogP contribution in [0.5, 0.6) is 0 Å². The Labute approximate surface area is 107 Å². The van der Waals surface area contributed by atoms with Crippen molar-refractivity contribution in [3.8, 4) is 0 Å². The Balaban J connectivity index is 3.93.